The Kier molecular flexibility index (Phi) is 7.42. The molecule has 0 bridgehead atoms. The van der Waals surface area contributed by atoms with E-state index in [1.165, 1.54) is 32.1 Å². The summed E-state index contributed by atoms with van der Waals surface area (Å²) in [7, 11) is 1.82. The predicted octanol–water partition coefficient (Wildman–Crippen LogP) is 5.06. The van der Waals surface area contributed by atoms with Crippen molar-refractivity contribution in [3.63, 3.8) is 0 Å². The normalized spacial score (nSPS) is 38.2. The van der Waals surface area contributed by atoms with E-state index in [0.29, 0.717) is 60.8 Å². The van der Waals surface area contributed by atoms with Crippen LogP contribution in [0.5, 0.6) is 0 Å². The van der Waals surface area contributed by atoms with Crippen LogP contribution in [-0.2, 0) is 11.8 Å². The molecule has 5 aliphatic rings. The Balaban J connectivity index is 1.02. The topological polar surface area (TPSA) is 78.7 Å². The molecule has 40 heavy (non-hydrogen) atoms. The number of amides is 2. The number of rotatable bonds is 5. The Bertz CT molecular complexity index is 1150. The Morgan fingerprint density at radius 1 is 1.05 bits per heavy atom. The number of allylic oxidation sites excluding steroid dienone is 1. The third-order valence-electron chi connectivity index (χ3n) is 12.5. The number of hydrogen-bond donors (Lipinski definition) is 1. The number of fused-ring (bicyclic) bond motifs is 5. The highest BCUT2D eigenvalue weighted by Crippen LogP contribution is 2.67. The standard InChI is InChI=1S/C33H50N4O3/c1-22(5-10-30(39)36-15-17-37(18-16-36)31(40)23-20-34-35(4)21-23)27-8-9-28-26-7-6-24-19-25(38)11-13-32(24,2)29(26)12-14-33(27,28)3/h6,20-22,25-29,38H,5,7-19H2,1-4H3/t22?,25-,26-,27+,28-,29-,32-,33+/m0/s1. The van der Waals surface area contributed by atoms with Crippen LogP contribution in [0.15, 0.2) is 24.0 Å². The number of hydrogen-bond acceptors (Lipinski definition) is 4. The zero-order chi connectivity index (χ0) is 28.2. The lowest BCUT2D eigenvalue weighted by atomic mass is 9.47. The predicted molar refractivity (Wildman–Crippen MR) is 155 cm³/mol. The summed E-state index contributed by atoms with van der Waals surface area (Å²) >= 11 is 0. The Morgan fingerprint density at radius 3 is 2.52 bits per heavy atom. The van der Waals surface area contributed by atoms with Crippen LogP contribution in [0.4, 0.5) is 0 Å². The molecule has 4 aliphatic carbocycles. The van der Waals surface area contributed by atoms with Gasteiger partial charge in [0, 0.05) is 45.8 Å². The van der Waals surface area contributed by atoms with Crippen molar-refractivity contribution in [3.05, 3.63) is 29.6 Å². The van der Waals surface area contributed by atoms with E-state index in [2.05, 4.69) is 31.9 Å². The number of piperazine rings is 1. The largest absolute Gasteiger partial charge is 0.393 e. The van der Waals surface area contributed by atoms with Crippen LogP contribution in [0.3, 0.4) is 0 Å². The molecule has 220 valence electrons. The summed E-state index contributed by atoms with van der Waals surface area (Å²) in [6.45, 7) is 9.94. The molecule has 1 unspecified atom stereocenters. The van der Waals surface area contributed by atoms with Crippen molar-refractivity contribution >= 4 is 11.8 Å². The van der Waals surface area contributed by atoms with Gasteiger partial charge in [0.25, 0.3) is 5.91 Å². The summed E-state index contributed by atoms with van der Waals surface area (Å²) in [6, 6.07) is 0. The molecule has 6 rings (SSSR count). The van der Waals surface area contributed by atoms with Crippen LogP contribution in [0, 0.1) is 40.4 Å². The minimum absolute atomic E-state index is 0.00678. The number of aliphatic hydroxyl groups excluding tert-OH is 1. The summed E-state index contributed by atoms with van der Waals surface area (Å²) in [4.78, 5) is 29.8. The first-order valence-electron chi connectivity index (χ1n) is 16.0. The average molecular weight is 551 g/mol. The lowest BCUT2D eigenvalue weighted by Gasteiger charge is -2.58. The zero-order valence-corrected chi connectivity index (χ0v) is 25.1. The number of nitrogens with zero attached hydrogens (tertiary/aromatic N) is 4. The van der Waals surface area contributed by atoms with E-state index in [9.17, 15) is 14.7 Å². The third-order valence-corrected chi connectivity index (χ3v) is 12.5. The molecular formula is C33H50N4O3. The van der Waals surface area contributed by atoms with Gasteiger partial charge in [-0.15, -0.1) is 0 Å². The van der Waals surface area contributed by atoms with Gasteiger partial charge in [0.2, 0.25) is 5.91 Å². The van der Waals surface area contributed by atoms with E-state index in [1.54, 1.807) is 22.6 Å². The van der Waals surface area contributed by atoms with Crippen LogP contribution in [0.1, 0.15) is 95.3 Å². The van der Waals surface area contributed by atoms with E-state index in [0.717, 1.165) is 43.4 Å². The fourth-order valence-electron chi connectivity index (χ4n) is 10.2. The first-order chi connectivity index (χ1) is 19.1. The van der Waals surface area contributed by atoms with E-state index >= 15 is 0 Å². The zero-order valence-electron chi connectivity index (χ0n) is 25.1. The van der Waals surface area contributed by atoms with Crippen molar-refractivity contribution in [2.75, 3.05) is 26.2 Å². The van der Waals surface area contributed by atoms with Gasteiger partial charge in [0.15, 0.2) is 0 Å². The van der Waals surface area contributed by atoms with Gasteiger partial charge in [-0.25, -0.2) is 0 Å². The number of aryl methyl sites for hydroxylation is 1. The lowest BCUT2D eigenvalue weighted by Crippen LogP contribution is -2.51. The highest BCUT2D eigenvalue weighted by atomic mass is 16.3. The molecule has 8 atom stereocenters. The van der Waals surface area contributed by atoms with Gasteiger partial charge in [-0.2, -0.15) is 5.10 Å². The van der Waals surface area contributed by atoms with Crippen LogP contribution >= 0.6 is 0 Å². The van der Waals surface area contributed by atoms with Gasteiger partial charge in [0.1, 0.15) is 0 Å². The summed E-state index contributed by atoms with van der Waals surface area (Å²) < 4.78 is 1.65. The summed E-state index contributed by atoms with van der Waals surface area (Å²) in [5.41, 5.74) is 2.86. The molecule has 7 nitrogen and oxygen atoms in total. The number of aromatic nitrogens is 2. The maximum Gasteiger partial charge on any atom is 0.257 e. The van der Waals surface area contributed by atoms with Gasteiger partial charge in [-0.1, -0.05) is 32.4 Å². The second kappa shape index (κ2) is 10.6. The number of aliphatic hydroxyl groups is 1. The molecule has 1 saturated heterocycles. The Labute approximate surface area is 240 Å². The van der Waals surface area contributed by atoms with Crippen molar-refractivity contribution in [1.82, 2.24) is 19.6 Å². The van der Waals surface area contributed by atoms with E-state index in [4.69, 9.17) is 0 Å². The molecule has 0 radical (unpaired) electrons. The monoisotopic (exact) mass is 550 g/mol. The molecule has 1 aromatic heterocycles. The Hall–Kier alpha value is -2.15. The van der Waals surface area contributed by atoms with Crippen LogP contribution < -0.4 is 0 Å². The fraction of sp³-hybridized carbons (Fsp3) is 0.788. The van der Waals surface area contributed by atoms with Crippen molar-refractivity contribution < 1.29 is 14.7 Å². The summed E-state index contributed by atoms with van der Waals surface area (Å²) in [6.07, 6.45) is 16.9. The van der Waals surface area contributed by atoms with Crippen LogP contribution in [-0.4, -0.2) is 68.8 Å². The number of carbonyl (C=O) groups excluding carboxylic acids is 2. The minimum atomic E-state index is -0.137. The first kappa shape index (κ1) is 28.0. The van der Waals surface area contributed by atoms with Crippen molar-refractivity contribution in [2.45, 2.75) is 91.1 Å². The lowest BCUT2D eigenvalue weighted by molar-refractivity contribution is -0.133. The highest BCUT2D eigenvalue weighted by Gasteiger charge is 2.59. The van der Waals surface area contributed by atoms with E-state index in [-0.39, 0.29) is 17.9 Å². The van der Waals surface area contributed by atoms with Gasteiger partial charge < -0.3 is 14.9 Å². The molecule has 1 aliphatic heterocycles. The second-order valence-electron chi connectivity index (χ2n) is 14.5. The quantitative estimate of drug-likeness (QED) is 0.520. The van der Waals surface area contributed by atoms with Crippen LogP contribution in [0.2, 0.25) is 0 Å². The number of carbonyl (C=O) groups is 2. The molecule has 3 saturated carbocycles. The van der Waals surface area contributed by atoms with E-state index in [1.807, 2.05) is 16.8 Å². The molecule has 0 aromatic carbocycles. The molecule has 1 aromatic rings. The SMILES string of the molecule is CC(CCC(=O)N1CCN(C(=O)c2cnn(C)c2)CC1)[C@H]1CC[C@H]2[C@@H]3CC=C4C[C@@H](O)CC[C@]4(C)[C@H]3CC[C@]12C. The van der Waals surface area contributed by atoms with Gasteiger partial charge in [-0.05, 0) is 98.2 Å². The average Bonchev–Trinajstić information content (AvgIpc) is 3.54. The van der Waals surface area contributed by atoms with Crippen LogP contribution in [0.25, 0.3) is 0 Å². The highest BCUT2D eigenvalue weighted by molar-refractivity contribution is 5.94. The molecule has 7 heteroatoms. The third kappa shape index (κ3) is 4.74. The van der Waals surface area contributed by atoms with Gasteiger partial charge in [-0.3, -0.25) is 14.3 Å². The molecule has 0 spiro atoms. The first-order valence-corrected chi connectivity index (χ1v) is 16.0. The second-order valence-corrected chi connectivity index (χ2v) is 14.5. The van der Waals surface area contributed by atoms with Gasteiger partial charge in [0.05, 0.1) is 17.9 Å². The van der Waals surface area contributed by atoms with Crippen molar-refractivity contribution in [2.24, 2.45) is 47.5 Å². The van der Waals surface area contributed by atoms with Crippen molar-refractivity contribution in [1.29, 1.82) is 0 Å². The summed E-state index contributed by atoms with van der Waals surface area (Å²) in [5, 5.41) is 14.4. The molecular weight excluding hydrogens is 500 g/mol. The molecule has 4 fully saturated rings. The van der Waals surface area contributed by atoms with E-state index < -0.39 is 0 Å². The smallest absolute Gasteiger partial charge is 0.257 e. The molecule has 2 heterocycles. The van der Waals surface area contributed by atoms with Crippen molar-refractivity contribution in [3.8, 4) is 0 Å². The Morgan fingerprint density at radius 2 is 1.80 bits per heavy atom. The molecule has 2 amide bonds. The molecule has 1 N–H and O–H groups in total. The van der Waals surface area contributed by atoms with Gasteiger partial charge >= 0.3 is 0 Å². The fourth-order valence-corrected chi connectivity index (χ4v) is 10.2. The summed E-state index contributed by atoms with van der Waals surface area (Å²) in [5.74, 6) is 3.87. The maximum absolute atomic E-state index is 13.2. The maximum atomic E-state index is 13.2. The minimum Gasteiger partial charge on any atom is -0.393 e.